The van der Waals surface area contributed by atoms with Crippen molar-refractivity contribution in [3.63, 3.8) is 0 Å². The van der Waals surface area contributed by atoms with Crippen LogP contribution >= 0.6 is 0 Å². The molecule has 0 radical (unpaired) electrons. The van der Waals surface area contributed by atoms with E-state index in [0.717, 1.165) is 36.7 Å². The summed E-state index contributed by atoms with van der Waals surface area (Å²) in [5.41, 5.74) is 4.63. The predicted molar refractivity (Wildman–Crippen MR) is 119 cm³/mol. The lowest BCUT2D eigenvalue weighted by Crippen LogP contribution is -2.22. The van der Waals surface area contributed by atoms with Crippen LogP contribution in [0.5, 0.6) is 5.75 Å². The van der Waals surface area contributed by atoms with Crippen molar-refractivity contribution in [2.45, 2.75) is 72.1 Å². The van der Waals surface area contributed by atoms with Gasteiger partial charge in [-0.3, -0.25) is 0 Å². The maximum absolute atomic E-state index is 6.17. The molecule has 1 fully saturated rings. The fourth-order valence-electron chi connectivity index (χ4n) is 4.75. The van der Waals surface area contributed by atoms with Crippen LogP contribution in [-0.4, -0.2) is 42.2 Å². The highest BCUT2D eigenvalue weighted by molar-refractivity contribution is 5.89. The first kappa shape index (κ1) is 20.4. The van der Waals surface area contributed by atoms with Gasteiger partial charge in [0, 0.05) is 29.6 Å². The molecular weight excluding hydrogens is 362 g/mol. The summed E-state index contributed by atoms with van der Waals surface area (Å²) in [6.45, 7) is 15.0. The molecule has 1 aromatic carbocycles. The molecule has 0 saturated carbocycles. The Labute approximate surface area is 174 Å². The topological polar surface area (TPSA) is 46.6 Å². The lowest BCUT2D eigenvalue weighted by molar-refractivity contribution is 0.0338. The number of rotatable bonds is 7. The van der Waals surface area contributed by atoms with Crippen molar-refractivity contribution in [2.24, 2.45) is 0 Å². The largest absolute Gasteiger partial charge is 0.493 e. The maximum atomic E-state index is 6.17. The van der Waals surface area contributed by atoms with Crippen LogP contribution in [0.3, 0.4) is 0 Å². The van der Waals surface area contributed by atoms with Crippen LogP contribution in [-0.2, 0) is 4.74 Å². The van der Waals surface area contributed by atoms with Gasteiger partial charge in [0.25, 0.3) is 0 Å². The van der Waals surface area contributed by atoms with Gasteiger partial charge in [0.2, 0.25) is 0 Å². The molecule has 158 valence electrons. The smallest absolute Gasteiger partial charge is 0.133 e. The number of hydrogen-bond acceptors (Lipinski definition) is 5. The number of anilines is 1. The second-order valence-electron chi connectivity index (χ2n) is 8.89. The van der Waals surface area contributed by atoms with E-state index in [2.05, 4.69) is 57.0 Å². The summed E-state index contributed by atoms with van der Waals surface area (Å²) in [7, 11) is 0. The van der Waals surface area contributed by atoms with Gasteiger partial charge < -0.3 is 19.7 Å². The average Bonchev–Trinajstić information content (AvgIpc) is 3.27. The second kappa shape index (κ2) is 8.49. The van der Waals surface area contributed by atoms with E-state index in [1.165, 1.54) is 48.0 Å². The van der Waals surface area contributed by atoms with Crippen molar-refractivity contribution in [2.75, 3.05) is 31.6 Å². The molecule has 2 aliphatic rings. The van der Waals surface area contributed by atoms with Gasteiger partial charge in [0.15, 0.2) is 0 Å². The SMILES string of the molecule is Cc1cc2c3c(c(NC(C)C)nc2cc1OCCCN1CCCC1)[C@@H](C)O[C@H]3C. The lowest BCUT2D eigenvalue weighted by atomic mass is 9.97. The van der Waals surface area contributed by atoms with Gasteiger partial charge in [0.1, 0.15) is 11.6 Å². The Hall–Kier alpha value is -1.85. The van der Waals surface area contributed by atoms with Crippen LogP contribution in [0.1, 0.15) is 75.9 Å². The average molecular weight is 398 g/mol. The minimum absolute atomic E-state index is 0.0555. The van der Waals surface area contributed by atoms with Gasteiger partial charge in [-0.1, -0.05) is 0 Å². The minimum Gasteiger partial charge on any atom is -0.493 e. The van der Waals surface area contributed by atoms with Crippen molar-refractivity contribution >= 4 is 16.7 Å². The Kier molecular flexibility index (Phi) is 5.98. The second-order valence-corrected chi connectivity index (χ2v) is 8.89. The molecule has 2 atom stereocenters. The Morgan fingerprint density at radius 3 is 2.62 bits per heavy atom. The summed E-state index contributed by atoms with van der Waals surface area (Å²) >= 11 is 0. The molecule has 1 aromatic heterocycles. The number of ether oxygens (including phenoxy) is 2. The van der Waals surface area contributed by atoms with Crippen LogP contribution < -0.4 is 10.1 Å². The molecule has 0 amide bonds. The van der Waals surface area contributed by atoms with E-state index >= 15 is 0 Å². The van der Waals surface area contributed by atoms with Crippen molar-refractivity contribution in [1.29, 1.82) is 0 Å². The van der Waals surface area contributed by atoms with E-state index in [-0.39, 0.29) is 12.2 Å². The summed E-state index contributed by atoms with van der Waals surface area (Å²) < 4.78 is 12.3. The molecule has 2 aliphatic heterocycles. The molecule has 0 unspecified atom stereocenters. The van der Waals surface area contributed by atoms with E-state index in [1.54, 1.807) is 0 Å². The van der Waals surface area contributed by atoms with Crippen molar-refractivity contribution < 1.29 is 9.47 Å². The minimum atomic E-state index is 0.0555. The first-order chi connectivity index (χ1) is 13.9. The van der Waals surface area contributed by atoms with Crippen molar-refractivity contribution in [3.8, 4) is 5.75 Å². The number of benzene rings is 1. The van der Waals surface area contributed by atoms with Crippen molar-refractivity contribution in [3.05, 3.63) is 28.8 Å². The van der Waals surface area contributed by atoms with E-state index in [1.807, 2.05) is 0 Å². The van der Waals surface area contributed by atoms with Crippen LogP contribution in [0.2, 0.25) is 0 Å². The molecule has 2 aromatic rings. The molecule has 4 rings (SSSR count). The van der Waals surface area contributed by atoms with E-state index in [0.29, 0.717) is 6.04 Å². The summed E-state index contributed by atoms with van der Waals surface area (Å²) in [5.74, 6) is 1.89. The molecule has 5 nitrogen and oxygen atoms in total. The number of aryl methyl sites for hydroxylation is 1. The fraction of sp³-hybridized carbons (Fsp3) is 0.625. The first-order valence-electron chi connectivity index (χ1n) is 11.2. The number of pyridine rings is 1. The van der Waals surface area contributed by atoms with Crippen LogP contribution in [0.15, 0.2) is 12.1 Å². The van der Waals surface area contributed by atoms with Crippen LogP contribution in [0, 0.1) is 6.92 Å². The summed E-state index contributed by atoms with van der Waals surface area (Å²) in [6.07, 6.45) is 3.88. The van der Waals surface area contributed by atoms with E-state index < -0.39 is 0 Å². The van der Waals surface area contributed by atoms with Crippen LogP contribution in [0.4, 0.5) is 5.82 Å². The number of fused-ring (bicyclic) bond motifs is 3. The van der Waals surface area contributed by atoms with Gasteiger partial charge in [-0.15, -0.1) is 0 Å². The summed E-state index contributed by atoms with van der Waals surface area (Å²) in [6, 6.07) is 4.66. The molecule has 5 heteroatoms. The van der Waals surface area contributed by atoms with Gasteiger partial charge in [-0.2, -0.15) is 0 Å². The number of nitrogens with one attached hydrogen (secondary N) is 1. The third-order valence-electron chi connectivity index (χ3n) is 6.08. The predicted octanol–water partition coefficient (Wildman–Crippen LogP) is 5.38. The molecule has 0 aliphatic carbocycles. The van der Waals surface area contributed by atoms with Gasteiger partial charge >= 0.3 is 0 Å². The van der Waals surface area contributed by atoms with Crippen LogP contribution in [0.25, 0.3) is 10.9 Å². The first-order valence-corrected chi connectivity index (χ1v) is 11.2. The number of likely N-dealkylation sites (tertiary alicyclic amines) is 1. The van der Waals surface area contributed by atoms with Gasteiger partial charge in [0.05, 0.1) is 24.3 Å². The Morgan fingerprint density at radius 2 is 1.90 bits per heavy atom. The Bertz CT molecular complexity index is 874. The Morgan fingerprint density at radius 1 is 1.17 bits per heavy atom. The molecule has 3 heterocycles. The van der Waals surface area contributed by atoms with Gasteiger partial charge in [-0.05, 0) is 84.2 Å². The standard InChI is InChI=1S/C24H35N3O2/c1-15(2)25-24-23-18(5)29-17(4)22(23)19-13-16(3)21(14-20(19)26-24)28-12-8-11-27-9-6-7-10-27/h13-15,17-18H,6-12H2,1-5H3,(H,25,26)/t17-,18+/m0/s1. The lowest BCUT2D eigenvalue weighted by Gasteiger charge is -2.18. The molecular formula is C24H35N3O2. The fourth-order valence-corrected chi connectivity index (χ4v) is 4.75. The number of aromatic nitrogens is 1. The molecule has 0 spiro atoms. The zero-order valence-electron chi connectivity index (χ0n) is 18.5. The normalized spacial score (nSPS) is 21.9. The third kappa shape index (κ3) is 4.22. The summed E-state index contributed by atoms with van der Waals surface area (Å²) in [5, 5.41) is 4.72. The molecule has 29 heavy (non-hydrogen) atoms. The van der Waals surface area contributed by atoms with Gasteiger partial charge in [-0.25, -0.2) is 4.98 Å². The highest BCUT2D eigenvalue weighted by Crippen LogP contribution is 2.46. The third-order valence-corrected chi connectivity index (χ3v) is 6.08. The molecule has 1 N–H and O–H groups in total. The summed E-state index contributed by atoms with van der Waals surface area (Å²) in [4.78, 5) is 7.52. The molecule has 0 bridgehead atoms. The number of nitrogens with zero attached hydrogens (tertiary/aromatic N) is 2. The number of hydrogen-bond donors (Lipinski definition) is 1. The monoisotopic (exact) mass is 397 g/mol. The zero-order valence-corrected chi connectivity index (χ0v) is 18.5. The van der Waals surface area contributed by atoms with E-state index in [9.17, 15) is 0 Å². The van der Waals surface area contributed by atoms with E-state index in [4.69, 9.17) is 14.5 Å². The molecule has 1 saturated heterocycles. The zero-order chi connectivity index (χ0) is 20.5. The maximum Gasteiger partial charge on any atom is 0.133 e. The Balaban J connectivity index is 1.60. The van der Waals surface area contributed by atoms with Crippen molar-refractivity contribution in [1.82, 2.24) is 9.88 Å². The highest BCUT2D eigenvalue weighted by atomic mass is 16.5. The quantitative estimate of drug-likeness (QED) is 0.636. The highest BCUT2D eigenvalue weighted by Gasteiger charge is 2.32.